The van der Waals surface area contributed by atoms with Gasteiger partial charge in [0.2, 0.25) is 0 Å². The van der Waals surface area contributed by atoms with E-state index in [4.69, 9.17) is 5.73 Å². The van der Waals surface area contributed by atoms with Crippen molar-refractivity contribution in [1.82, 2.24) is 4.90 Å². The van der Waals surface area contributed by atoms with Crippen molar-refractivity contribution in [2.75, 3.05) is 13.1 Å². The molecule has 2 heteroatoms. The quantitative estimate of drug-likeness (QED) is 0.669. The number of nitrogens with zero attached hydrogens (tertiary/aromatic N) is 1. The number of likely N-dealkylation sites (tertiary alicyclic amines) is 1. The van der Waals surface area contributed by atoms with Crippen LogP contribution in [-0.2, 0) is 0 Å². The minimum Gasteiger partial charge on any atom is -0.324 e. The summed E-state index contributed by atoms with van der Waals surface area (Å²) in [5.74, 6) is 0. The molecule has 0 aromatic carbocycles. The maximum absolute atomic E-state index is 6.13. The van der Waals surface area contributed by atoms with Crippen molar-refractivity contribution in [3.63, 3.8) is 0 Å². The Hall–Kier alpha value is -0.0800. The number of hydrogen-bond acceptors (Lipinski definition) is 2. The van der Waals surface area contributed by atoms with Gasteiger partial charge in [0, 0.05) is 24.7 Å². The van der Waals surface area contributed by atoms with Crippen LogP contribution in [0.15, 0.2) is 0 Å². The van der Waals surface area contributed by atoms with Crippen LogP contribution < -0.4 is 5.73 Å². The van der Waals surface area contributed by atoms with Gasteiger partial charge < -0.3 is 5.73 Å². The Bertz CT molecular complexity index is 171. The summed E-state index contributed by atoms with van der Waals surface area (Å²) in [6.07, 6.45) is 8.32. The van der Waals surface area contributed by atoms with Crippen LogP contribution in [0.3, 0.4) is 0 Å². The molecule has 1 aliphatic carbocycles. The number of rotatable bonds is 1. The SMILES string of the molecule is CC1(N)CCN(C2CCCCC2)C1. The topological polar surface area (TPSA) is 29.3 Å². The van der Waals surface area contributed by atoms with Gasteiger partial charge in [-0.05, 0) is 26.2 Å². The van der Waals surface area contributed by atoms with E-state index >= 15 is 0 Å². The summed E-state index contributed by atoms with van der Waals surface area (Å²) in [5, 5.41) is 0. The normalized spacial score (nSPS) is 38.3. The van der Waals surface area contributed by atoms with Crippen LogP contribution in [0.4, 0.5) is 0 Å². The predicted octanol–water partition coefficient (Wildman–Crippen LogP) is 1.74. The first-order valence-corrected chi connectivity index (χ1v) is 5.70. The third kappa shape index (κ3) is 2.23. The molecular formula is C11H22N2. The molecule has 1 saturated heterocycles. The molecule has 0 amide bonds. The summed E-state index contributed by atoms with van der Waals surface area (Å²) in [4.78, 5) is 2.62. The number of nitrogens with two attached hydrogens (primary N) is 1. The van der Waals surface area contributed by atoms with Crippen molar-refractivity contribution in [1.29, 1.82) is 0 Å². The number of hydrogen-bond donors (Lipinski definition) is 1. The zero-order chi connectivity index (χ0) is 9.31. The van der Waals surface area contributed by atoms with E-state index in [2.05, 4.69) is 11.8 Å². The summed E-state index contributed by atoms with van der Waals surface area (Å²) in [5.41, 5.74) is 6.23. The van der Waals surface area contributed by atoms with Crippen LogP contribution in [0.25, 0.3) is 0 Å². The van der Waals surface area contributed by atoms with Crippen molar-refractivity contribution in [3.8, 4) is 0 Å². The molecule has 2 fully saturated rings. The Balaban J connectivity index is 1.87. The highest BCUT2D eigenvalue weighted by molar-refractivity contribution is 4.93. The lowest BCUT2D eigenvalue weighted by atomic mass is 9.94. The van der Waals surface area contributed by atoms with Gasteiger partial charge in [0.05, 0.1) is 0 Å². The molecule has 13 heavy (non-hydrogen) atoms. The highest BCUT2D eigenvalue weighted by Crippen LogP contribution is 2.28. The van der Waals surface area contributed by atoms with Crippen LogP contribution in [-0.4, -0.2) is 29.6 Å². The fourth-order valence-electron chi connectivity index (χ4n) is 2.78. The average molecular weight is 182 g/mol. The monoisotopic (exact) mass is 182 g/mol. The molecule has 0 radical (unpaired) electrons. The Morgan fingerprint density at radius 3 is 2.46 bits per heavy atom. The first kappa shape index (κ1) is 9.47. The lowest BCUT2D eigenvalue weighted by Crippen LogP contribution is -2.42. The summed E-state index contributed by atoms with van der Waals surface area (Å²) < 4.78 is 0. The molecule has 1 saturated carbocycles. The van der Waals surface area contributed by atoms with Crippen molar-refractivity contribution < 1.29 is 0 Å². The third-order valence-corrected chi connectivity index (χ3v) is 3.63. The van der Waals surface area contributed by atoms with Gasteiger partial charge in [-0.3, -0.25) is 4.90 Å². The van der Waals surface area contributed by atoms with E-state index in [1.807, 2.05) is 0 Å². The van der Waals surface area contributed by atoms with E-state index in [1.54, 1.807) is 0 Å². The van der Waals surface area contributed by atoms with Crippen molar-refractivity contribution in [2.24, 2.45) is 5.73 Å². The summed E-state index contributed by atoms with van der Waals surface area (Å²) in [7, 11) is 0. The van der Waals surface area contributed by atoms with Crippen LogP contribution in [0, 0.1) is 0 Å². The first-order valence-electron chi connectivity index (χ1n) is 5.70. The van der Waals surface area contributed by atoms with Crippen LogP contribution in [0.1, 0.15) is 45.4 Å². The second-order valence-electron chi connectivity index (χ2n) is 5.17. The van der Waals surface area contributed by atoms with Gasteiger partial charge in [-0.1, -0.05) is 19.3 Å². The van der Waals surface area contributed by atoms with Gasteiger partial charge in [0.1, 0.15) is 0 Å². The Morgan fingerprint density at radius 1 is 1.23 bits per heavy atom. The van der Waals surface area contributed by atoms with Crippen molar-refractivity contribution in [3.05, 3.63) is 0 Å². The van der Waals surface area contributed by atoms with Gasteiger partial charge in [-0.2, -0.15) is 0 Å². The zero-order valence-corrected chi connectivity index (χ0v) is 8.76. The van der Waals surface area contributed by atoms with Gasteiger partial charge in [-0.15, -0.1) is 0 Å². The Kier molecular flexibility index (Phi) is 2.61. The van der Waals surface area contributed by atoms with Gasteiger partial charge in [-0.25, -0.2) is 0 Å². The second-order valence-corrected chi connectivity index (χ2v) is 5.17. The summed E-state index contributed by atoms with van der Waals surface area (Å²) in [6.45, 7) is 4.55. The fourth-order valence-corrected chi connectivity index (χ4v) is 2.78. The third-order valence-electron chi connectivity index (χ3n) is 3.63. The van der Waals surface area contributed by atoms with Crippen molar-refractivity contribution in [2.45, 2.75) is 57.0 Å². The molecule has 0 aromatic rings. The van der Waals surface area contributed by atoms with Crippen LogP contribution in [0.2, 0.25) is 0 Å². The lowest BCUT2D eigenvalue weighted by molar-refractivity contribution is 0.183. The van der Waals surface area contributed by atoms with E-state index in [-0.39, 0.29) is 5.54 Å². The molecule has 1 aliphatic heterocycles. The minimum absolute atomic E-state index is 0.0947. The Labute approximate surface area is 81.5 Å². The summed E-state index contributed by atoms with van der Waals surface area (Å²) in [6, 6.07) is 0.860. The molecular weight excluding hydrogens is 160 g/mol. The van der Waals surface area contributed by atoms with Gasteiger partial charge in [0.25, 0.3) is 0 Å². The maximum Gasteiger partial charge on any atom is 0.0267 e. The summed E-state index contributed by atoms with van der Waals surface area (Å²) >= 11 is 0. The lowest BCUT2D eigenvalue weighted by Gasteiger charge is -2.31. The molecule has 1 atom stereocenters. The van der Waals surface area contributed by atoms with E-state index < -0.39 is 0 Å². The van der Waals surface area contributed by atoms with E-state index in [0.717, 1.165) is 12.6 Å². The molecule has 1 unspecified atom stereocenters. The highest BCUT2D eigenvalue weighted by Gasteiger charge is 2.33. The van der Waals surface area contributed by atoms with Crippen molar-refractivity contribution >= 4 is 0 Å². The van der Waals surface area contributed by atoms with Crippen LogP contribution >= 0.6 is 0 Å². The van der Waals surface area contributed by atoms with E-state index in [1.165, 1.54) is 45.1 Å². The largest absolute Gasteiger partial charge is 0.324 e. The minimum atomic E-state index is 0.0947. The zero-order valence-electron chi connectivity index (χ0n) is 8.76. The molecule has 0 spiro atoms. The maximum atomic E-state index is 6.13. The molecule has 0 aromatic heterocycles. The standard InChI is InChI=1S/C11H22N2/c1-11(12)7-8-13(9-11)10-5-3-2-4-6-10/h10H,2-9,12H2,1H3. The second kappa shape index (κ2) is 3.58. The van der Waals surface area contributed by atoms with E-state index in [9.17, 15) is 0 Å². The first-order chi connectivity index (χ1) is 6.17. The predicted molar refractivity (Wildman–Crippen MR) is 55.7 cm³/mol. The molecule has 0 bridgehead atoms. The average Bonchev–Trinajstić information content (AvgIpc) is 2.48. The van der Waals surface area contributed by atoms with Crippen LogP contribution in [0.5, 0.6) is 0 Å². The molecule has 2 aliphatic rings. The smallest absolute Gasteiger partial charge is 0.0267 e. The fraction of sp³-hybridized carbons (Fsp3) is 1.00. The molecule has 1 heterocycles. The van der Waals surface area contributed by atoms with Gasteiger partial charge in [0.15, 0.2) is 0 Å². The Morgan fingerprint density at radius 2 is 1.92 bits per heavy atom. The highest BCUT2D eigenvalue weighted by atomic mass is 15.2. The molecule has 2 N–H and O–H groups in total. The molecule has 76 valence electrons. The molecule has 2 rings (SSSR count). The van der Waals surface area contributed by atoms with E-state index in [0.29, 0.717) is 0 Å². The molecule has 2 nitrogen and oxygen atoms in total. The van der Waals surface area contributed by atoms with Gasteiger partial charge >= 0.3 is 0 Å².